The van der Waals surface area contributed by atoms with Crippen LogP contribution in [-0.2, 0) is 4.79 Å². The average molecular weight is 252 g/mol. The monoisotopic (exact) mass is 252 g/mol. The number of nitrogens with one attached hydrogen (secondary N) is 1. The second-order valence-corrected chi connectivity index (χ2v) is 4.26. The molecule has 3 N–H and O–H groups in total. The molecule has 0 spiro atoms. The first-order valence-corrected chi connectivity index (χ1v) is 6.09. The van der Waals surface area contributed by atoms with E-state index in [0.29, 0.717) is 12.3 Å². The smallest absolute Gasteiger partial charge is 0.218 e. The summed E-state index contributed by atoms with van der Waals surface area (Å²) in [6, 6.07) is 1.76. The zero-order chi connectivity index (χ0) is 13.4. The molecular weight excluding hydrogens is 232 g/mol. The lowest BCUT2D eigenvalue weighted by Gasteiger charge is -2.10. The molecule has 18 heavy (non-hydrogen) atoms. The molecule has 0 aromatic carbocycles. The maximum atomic E-state index is 10.5. The standard InChI is InChI=1S/C12H20N4O2/c1-9(2)18-12-7-11(15-8-16-12)14-6-4-3-5-10(13)17/h7-9H,3-6H2,1-2H3,(H2,13,17)(H,14,15,16). The van der Waals surface area contributed by atoms with Crippen LogP contribution in [0.15, 0.2) is 12.4 Å². The van der Waals surface area contributed by atoms with Gasteiger partial charge in [-0.25, -0.2) is 9.97 Å². The van der Waals surface area contributed by atoms with Gasteiger partial charge in [-0.2, -0.15) is 0 Å². The normalized spacial score (nSPS) is 10.4. The summed E-state index contributed by atoms with van der Waals surface area (Å²) in [5.41, 5.74) is 5.06. The molecule has 1 heterocycles. The van der Waals surface area contributed by atoms with E-state index in [2.05, 4.69) is 15.3 Å². The summed E-state index contributed by atoms with van der Waals surface area (Å²) in [4.78, 5) is 18.6. The van der Waals surface area contributed by atoms with E-state index in [0.717, 1.165) is 25.2 Å². The van der Waals surface area contributed by atoms with Crippen LogP contribution in [0.2, 0.25) is 0 Å². The van der Waals surface area contributed by atoms with Crippen molar-refractivity contribution < 1.29 is 9.53 Å². The molecule has 6 nitrogen and oxygen atoms in total. The Morgan fingerprint density at radius 1 is 1.44 bits per heavy atom. The van der Waals surface area contributed by atoms with Crippen LogP contribution in [0.5, 0.6) is 5.88 Å². The quantitative estimate of drug-likeness (QED) is 0.681. The zero-order valence-electron chi connectivity index (χ0n) is 10.8. The number of aromatic nitrogens is 2. The number of hydrogen-bond donors (Lipinski definition) is 2. The fraction of sp³-hybridized carbons (Fsp3) is 0.583. The van der Waals surface area contributed by atoms with Crippen molar-refractivity contribution >= 4 is 11.7 Å². The Kier molecular flexibility index (Phi) is 5.90. The minimum Gasteiger partial charge on any atom is -0.475 e. The van der Waals surface area contributed by atoms with Crippen LogP contribution < -0.4 is 15.8 Å². The van der Waals surface area contributed by atoms with Crippen molar-refractivity contribution in [3.63, 3.8) is 0 Å². The van der Waals surface area contributed by atoms with E-state index in [-0.39, 0.29) is 12.0 Å². The van der Waals surface area contributed by atoms with Gasteiger partial charge in [0.25, 0.3) is 0 Å². The summed E-state index contributed by atoms with van der Waals surface area (Å²) >= 11 is 0. The van der Waals surface area contributed by atoms with Crippen molar-refractivity contribution in [1.82, 2.24) is 9.97 Å². The molecule has 1 aromatic rings. The van der Waals surface area contributed by atoms with Gasteiger partial charge in [0.1, 0.15) is 12.1 Å². The van der Waals surface area contributed by atoms with E-state index in [1.54, 1.807) is 6.07 Å². The number of hydrogen-bond acceptors (Lipinski definition) is 5. The van der Waals surface area contributed by atoms with E-state index >= 15 is 0 Å². The fourth-order valence-corrected chi connectivity index (χ4v) is 1.38. The highest BCUT2D eigenvalue weighted by atomic mass is 16.5. The molecule has 1 aromatic heterocycles. The molecule has 0 aliphatic rings. The Morgan fingerprint density at radius 2 is 2.22 bits per heavy atom. The van der Waals surface area contributed by atoms with Crippen LogP contribution in [-0.4, -0.2) is 28.5 Å². The molecule has 0 fully saturated rings. The average Bonchev–Trinajstić information content (AvgIpc) is 2.27. The van der Waals surface area contributed by atoms with Gasteiger partial charge in [-0.3, -0.25) is 4.79 Å². The summed E-state index contributed by atoms with van der Waals surface area (Å²) in [5.74, 6) is 1.02. The van der Waals surface area contributed by atoms with E-state index in [1.165, 1.54) is 6.33 Å². The van der Waals surface area contributed by atoms with Gasteiger partial charge in [-0.15, -0.1) is 0 Å². The van der Waals surface area contributed by atoms with Gasteiger partial charge >= 0.3 is 0 Å². The Labute approximate surface area is 107 Å². The van der Waals surface area contributed by atoms with Gasteiger partial charge in [0.15, 0.2) is 0 Å². The van der Waals surface area contributed by atoms with Gasteiger partial charge in [0.05, 0.1) is 6.10 Å². The lowest BCUT2D eigenvalue weighted by Crippen LogP contribution is -2.11. The largest absolute Gasteiger partial charge is 0.475 e. The molecule has 0 saturated heterocycles. The summed E-state index contributed by atoms with van der Waals surface area (Å²) in [6.45, 7) is 4.63. The molecule has 0 radical (unpaired) electrons. The van der Waals surface area contributed by atoms with Crippen molar-refractivity contribution in [2.75, 3.05) is 11.9 Å². The number of rotatable bonds is 8. The fourth-order valence-electron chi connectivity index (χ4n) is 1.38. The van der Waals surface area contributed by atoms with Crippen LogP contribution in [0.3, 0.4) is 0 Å². The van der Waals surface area contributed by atoms with E-state index in [4.69, 9.17) is 10.5 Å². The molecule has 0 bridgehead atoms. The third-order valence-electron chi connectivity index (χ3n) is 2.15. The van der Waals surface area contributed by atoms with Crippen molar-refractivity contribution in [3.8, 4) is 5.88 Å². The van der Waals surface area contributed by atoms with Crippen molar-refractivity contribution in [2.45, 2.75) is 39.2 Å². The molecule has 0 saturated carbocycles. The molecule has 1 amide bonds. The van der Waals surface area contributed by atoms with Crippen molar-refractivity contribution in [3.05, 3.63) is 12.4 Å². The van der Waals surface area contributed by atoms with Gasteiger partial charge in [0.2, 0.25) is 11.8 Å². The molecular formula is C12H20N4O2. The second-order valence-electron chi connectivity index (χ2n) is 4.26. The van der Waals surface area contributed by atoms with Crippen LogP contribution in [0.4, 0.5) is 5.82 Å². The van der Waals surface area contributed by atoms with Crippen molar-refractivity contribution in [2.24, 2.45) is 5.73 Å². The summed E-state index contributed by atoms with van der Waals surface area (Å²) in [6.07, 6.45) is 3.62. The first-order valence-electron chi connectivity index (χ1n) is 6.09. The molecule has 1 rings (SSSR count). The molecule has 6 heteroatoms. The summed E-state index contributed by atoms with van der Waals surface area (Å²) in [5, 5.41) is 3.15. The minimum atomic E-state index is -0.260. The topological polar surface area (TPSA) is 90.1 Å². The van der Waals surface area contributed by atoms with Gasteiger partial charge in [0, 0.05) is 19.0 Å². The van der Waals surface area contributed by atoms with Crippen LogP contribution >= 0.6 is 0 Å². The maximum Gasteiger partial charge on any atom is 0.218 e. The van der Waals surface area contributed by atoms with E-state index in [9.17, 15) is 4.79 Å². The highest BCUT2D eigenvalue weighted by Crippen LogP contribution is 2.12. The number of nitrogens with zero attached hydrogens (tertiary/aromatic N) is 2. The molecule has 0 aliphatic carbocycles. The number of amides is 1. The maximum absolute atomic E-state index is 10.5. The first kappa shape index (κ1) is 14.2. The predicted molar refractivity (Wildman–Crippen MR) is 69.3 cm³/mol. The highest BCUT2D eigenvalue weighted by Gasteiger charge is 2.01. The highest BCUT2D eigenvalue weighted by molar-refractivity contribution is 5.73. The van der Waals surface area contributed by atoms with Crippen LogP contribution in [0.25, 0.3) is 0 Å². The molecule has 100 valence electrons. The number of unbranched alkanes of at least 4 members (excludes halogenated alkanes) is 1. The summed E-state index contributed by atoms with van der Waals surface area (Å²) < 4.78 is 5.46. The van der Waals surface area contributed by atoms with Crippen LogP contribution in [0.1, 0.15) is 33.1 Å². The number of primary amides is 1. The number of carbonyl (C=O) groups is 1. The Morgan fingerprint density at radius 3 is 2.89 bits per heavy atom. The number of ether oxygens (including phenoxy) is 1. The third-order valence-corrected chi connectivity index (χ3v) is 2.15. The second kappa shape index (κ2) is 7.47. The van der Waals surface area contributed by atoms with Crippen LogP contribution in [0, 0.1) is 0 Å². The molecule has 0 atom stereocenters. The van der Waals surface area contributed by atoms with E-state index in [1.807, 2.05) is 13.8 Å². The number of carbonyl (C=O) groups excluding carboxylic acids is 1. The SMILES string of the molecule is CC(C)Oc1cc(NCCCCC(N)=O)ncn1. The van der Waals surface area contributed by atoms with Gasteiger partial charge in [-0.05, 0) is 26.7 Å². The first-order chi connectivity index (χ1) is 8.58. The summed E-state index contributed by atoms with van der Waals surface area (Å²) in [7, 11) is 0. The lowest BCUT2D eigenvalue weighted by molar-refractivity contribution is -0.118. The Balaban J connectivity index is 2.31. The predicted octanol–water partition coefficient (Wildman–Crippen LogP) is 1.33. The van der Waals surface area contributed by atoms with Gasteiger partial charge in [-0.1, -0.05) is 0 Å². The Hall–Kier alpha value is -1.85. The molecule has 0 unspecified atom stereocenters. The van der Waals surface area contributed by atoms with Gasteiger partial charge < -0.3 is 15.8 Å². The minimum absolute atomic E-state index is 0.0864. The number of anilines is 1. The zero-order valence-corrected chi connectivity index (χ0v) is 10.8. The lowest BCUT2D eigenvalue weighted by atomic mass is 10.2. The number of nitrogens with two attached hydrogens (primary N) is 1. The van der Waals surface area contributed by atoms with Crippen molar-refractivity contribution in [1.29, 1.82) is 0 Å². The third kappa shape index (κ3) is 6.03. The Bertz CT molecular complexity index is 382. The molecule has 0 aliphatic heterocycles. The van der Waals surface area contributed by atoms with E-state index < -0.39 is 0 Å².